The topological polar surface area (TPSA) is 96.5 Å². The summed E-state index contributed by atoms with van der Waals surface area (Å²) in [6.07, 6.45) is 0. The van der Waals surface area contributed by atoms with Gasteiger partial charge in [-0.15, -0.1) is 10.2 Å². The van der Waals surface area contributed by atoms with Crippen LogP contribution in [0.2, 0.25) is 0 Å². The largest absolute Gasteiger partial charge is 0.508 e. The molecular formula is C15H10N2O4. The second-order valence-electron chi connectivity index (χ2n) is 4.35. The van der Waals surface area contributed by atoms with E-state index in [1.54, 1.807) is 24.3 Å². The maximum Gasteiger partial charge on any atom is 0.335 e. The van der Waals surface area contributed by atoms with Crippen LogP contribution in [0.4, 0.5) is 0 Å². The molecule has 6 nitrogen and oxygen atoms in total. The number of hydrogen-bond acceptors (Lipinski definition) is 5. The van der Waals surface area contributed by atoms with Gasteiger partial charge >= 0.3 is 5.97 Å². The summed E-state index contributed by atoms with van der Waals surface area (Å²) in [6.45, 7) is 0. The molecule has 0 amide bonds. The molecule has 0 radical (unpaired) electrons. The molecule has 0 aliphatic heterocycles. The van der Waals surface area contributed by atoms with E-state index in [0.29, 0.717) is 11.1 Å². The maximum atomic E-state index is 11.0. The first-order valence-corrected chi connectivity index (χ1v) is 6.10. The van der Waals surface area contributed by atoms with E-state index in [4.69, 9.17) is 9.52 Å². The monoisotopic (exact) mass is 282 g/mol. The van der Waals surface area contributed by atoms with Crippen LogP contribution in [0.25, 0.3) is 22.9 Å². The zero-order valence-electron chi connectivity index (χ0n) is 10.7. The van der Waals surface area contributed by atoms with Crippen molar-refractivity contribution in [2.24, 2.45) is 0 Å². The van der Waals surface area contributed by atoms with Crippen molar-refractivity contribution in [1.29, 1.82) is 0 Å². The summed E-state index contributed by atoms with van der Waals surface area (Å²) in [4.78, 5) is 11.0. The molecule has 21 heavy (non-hydrogen) atoms. The van der Waals surface area contributed by atoms with Crippen molar-refractivity contribution in [3.05, 3.63) is 54.1 Å². The molecule has 0 fully saturated rings. The van der Waals surface area contributed by atoms with Crippen molar-refractivity contribution in [1.82, 2.24) is 10.2 Å². The molecule has 0 aliphatic rings. The number of nitrogens with zero attached hydrogens (tertiary/aromatic N) is 2. The number of aromatic carboxylic acids is 1. The Morgan fingerprint density at radius 1 is 0.952 bits per heavy atom. The minimum absolute atomic E-state index is 0.0973. The van der Waals surface area contributed by atoms with Gasteiger partial charge in [0.25, 0.3) is 0 Å². The molecule has 6 heteroatoms. The summed E-state index contributed by atoms with van der Waals surface area (Å²) in [5.41, 5.74) is 1.25. The summed E-state index contributed by atoms with van der Waals surface area (Å²) in [5, 5.41) is 26.2. The molecule has 0 aliphatic carbocycles. The van der Waals surface area contributed by atoms with Crippen molar-refractivity contribution in [3.8, 4) is 28.7 Å². The summed E-state index contributed by atoms with van der Waals surface area (Å²) >= 11 is 0. The minimum atomic E-state index is -1.02. The van der Waals surface area contributed by atoms with Gasteiger partial charge in [-0.05, 0) is 36.4 Å². The third kappa shape index (κ3) is 2.59. The van der Waals surface area contributed by atoms with E-state index in [-0.39, 0.29) is 23.1 Å². The van der Waals surface area contributed by atoms with Gasteiger partial charge in [-0.1, -0.05) is 12.1 Å². The molecule has 0 saturated carbocycles. The van der Waals surface area contributed by atoms with E-state index in [2.05, 4.69) is 10.2 Å². The highest BCUT2D eigenvalue weighted by Crippen LogP contribution is 2.26. The molecule has 1 heterocycles. The van der Waals surface area contributed by atoms with Crippen LogP contribution in [0.3, 0.4) is 0 Å². The first kappa shape index (κ1) is 12.9. The molecule has 0 atom stereocenters. The molecular weight excluding hydrogens is 272 g/mol. The van der Waals surface area contributed by atoms with Crippen LogP contribution in [0.15, 0.2) is 52.9 Å². The summed E-state index contributed by atoms with van der Waals surface area (Å²) < 4.78 is 5.52. The zero-order chi connectivity index (χ0) is 14.8. The van der Waals surface area contributed by atoms with E-state index in [1.807, 2.05) is 0 Å². The van der Waals surface area contributed by atoms with Gasteiger partial charge in [0.15, 0.2) is 0 Å². The molecule has 3 aromatic rings. The number of phenolic OH excluding ortho intramolecular Hbond substituents is 1. The lowest BCUT2D eigenvalue weighted by Gasteiger charge is -1.98. The van der Waals surface area contributed by atoms with Crippen LogP contribution < -0.4 is 0 Å². The number of carboxylic acid groups (broad SMARTS) is 1. The Balaban J connectivity index is 1.98. The molecule has 0 saturated heterocycles. The normalized spacial score (nSPS) is 10.5. The third-order valence-electron chi connectivity index (χ3n) is 2.87. The fourth-order valence-electron chi connectivity index (χ4n) is 1.88. The molecule has 2 aromatic carbocycles. The SMILES string of the molecule is O=C(O)c1cccc(-c2nnc(-c3cccc(O)c3)o2)c1. The molecule has 1 aromatic heterocycles. The highest BCUT2D eigenvalue weighted by molar-refractivity contribution is 5.88. The lowest BCUT2D eigenvalue weighted by Crippen LogP contribution is -1.95. The standard InChI is InChI=1S/C15H10N2O4/c18-12-6-2-4-10(8-12)14-17-16-13(21-14)9-3-1-5-11(7-9)15(19)20/h1-8,18H,(H,19,20). The fourth-order valence-corrected chi connectivity index (χ4v) is 1.88. The average molecular weight is 282 g/mol. The van der Waals surface area contributed by atoms with Gasteiger partial charge < -0.3 is 14.6 Å². The van der Waals surface area contributed by atoms with E-state index in [1.165, 1.54) is 24.3 Å². The van der Waals surface area contributed by atoms with Gasteiger partial charge in [0.2, 0.25) is 11.8 Å². The highest BCUT2D eigenvalue weighted by atomic mass is 16.4. The molecule has 0 unspecified atom stereocenters. The van der Waals surface area contributed by atoms with Gasteiger partial charge in [0, 0.05) is 11.1 Å². The van der Waals surface area contributed by atoms with Crippen molar-refractivity contribution in [2.45, 2.75) is 0 Å². The highest BCUT2D eigenvalue weighted by Gasteiger charge is 2.12. The number of carboxylic acids is 1. The van der Waals surface area contributed by atoms with Gasteiger partial charge in [-0.2, -0.15) is 0 Å². The molecule has 2 N–H and O–H groups in total. The summed E-state index contributed by atoms with van der Waals surface area (Å²) in [7, 11) is 0. The van der Waals surface area contributed by atoms with Crippen molar-refractivity contribution >= 4 is 5.97 Å². The van der Waals surface area contributed by atoms with Crippen LogP contribution in [0.5, 0.6) is 5.75 Å². The predicted molar refractivity (Wildman–Crippen MR) is 73.8 cm³/mol. The van der Waals surface area contributed by atoms with Gasteiger partial charge in [-0.25, -0.2) is 4.79 Å². The number of aromatic hydroxyl groups is 1. The van der Waals surface area contributed by atoms with Gasteiger partial charge in [0.05, 0.1) is 5.56 Å². The maximum absolute atomic E-state index is 11.0. The second kappa shape index (κ2) is 5.09. The number of rotatable bonds is 3. The smallest absolute Gasteiger partial charge is 0.335 e. The van der Waals surface area contributed by atoms with E-state index in [9.17, 15) is 9.90 Å². The Morgan fingerprint density at radius 2 is 1.57 bits per heavy atom. The Hall–Kier alpha value is -3.15. The zero-order valence-corrected chi connectivity index (χ0v) is 10.7. The molecule has 0 spiro atoms. The lowest BCUT2D eigenvalue weighted by atomic mass is 10.1. The first-order chi connectivity index (χ1) is 10.1. The number of aromatic nitrogens is 2. The fraction of sp³-hybridized carbons (Fsp3) is 0. The lowest BCUT2D eigenvalue weighted by molar-refractivity contribution is 0.0697. The number of benzene rings is 2. The van der Waals surface area contributed by atoms with Crippen LogP contribution in [0.1, 0.15) is 10.4 Å². The molecule has 3 rings (SSSR count). The average Bonchev–Trinajstić information content (AvgIpc) is 2.97. The van der Waals surface area contributed by atoms with Gasteiger partial charge in [-0.3, -0.25) is 0 Å². The van der Waals surface area contributed by atoms with Crippen LogP contribution in [-0.4, -0.2) is 26.4 Å². The molecule has 104 valence electrons. The van der Waals surface area contributed by atoms with Crippen LogP contribution >= 0.6 is 0 Å². The summed E-state index contributed by atoms with van der Waals surface area (Å²) in [6, 6.07) is 12.7. The number of phenols is 1. The minimum Gasteiger partial charge on any atom is -0.508 e. The number of carbonyl (C=O) groups is 1. The second-order valence-corrected chi connectivity index (χ2v) is 4.35. The van der Waals surface area contributed by atoms with Crippen LogP contribution in [0, 0.1) is 0 Å². The third-order valence-corrected chi connectivity index (χ3v) is 2.87. The van der Waals surface area contributed by atoms with Crippen molar-refractivity contribution in [2.75, 3.05) is 0 Å². The predicted octanol–water partition coefficient (Wildman–Crippen LogP) is 2.81. The Labute approximate surface area is 119 Å². The van der Waals surface area contributed by atoms with Crippen molar-refractivity contribution in [3.63, 3.8) is 0 Å². The Morgan fingerprint density at radius 3 is 2.19 bits per heavy atom. The number of hydrogen-bond donors (Lipinski definition) is 2. The van der Waals surface area contributed by atoms with Crippen LogP contribution in [-0.2, 0) is 0 Å². The van der Waals surface area contributed by atoms with E-state index < -0.39 is 5.97 Å². The van der Waals surface area contributed by atoms with Gasteiger partial charge in [0.1, 0.15) is 5.75 Å². The van der Waals surface area contributed by atoms with Crippen molar-refractivity contribution < 1.29 is 19.4 Å². The molecule has 0 bridgehead atoms. The Bertz CT molecular complexity index is 811. The first-order valence-electron chi connectivity index (χ1n) is 6.10. The van der Waals surface area contributed by atoms with E-state index >= 15 is 0 Å². The quantitative estimate of drug-likeness (QED) is 0.766. The Kier molecular flexibility index (Phi) is 3.12. The van der Waals surface area contributed by atoms with E-state index in [0.717, 1.165) is 0 Å². The summed E-state index contributed by atoms with van der Waals surface area (Å²) in [5.74, 6) is -0.456.